The van der Waals surface area contributed by atoms with Gasteiger partial charge < -0.3 is 10.2 Å². The van der Waals surface area contributed by atoms with E-state index in [1.54, 1.807) is 31.2 Å². The molecule has 8 nitrogen and oxygen atoms in total. The molecular formula is C25H34ClFN4O4S. The number of nitrogens with one attached hydrogen (secondary N) is 1. The summed E-state index contributed by atoms with van der Waals surface area (Å²) in [6.07, 6.45) is 0.974. The lowest BCUT2D eigenvalue weighted by Crippen LogP contribution is -2.54. The van der Waals surface area contributed by atoms with Crippen molar-refractivity contribution >= 4 is 39.3 Å². The fraction of sp³-hybridized carbons (Fsp3) is 0.440. The Morgan fingerprint density at radius 3 is 2.19 bits per heavy atom. The van der Waals surface area contributed by atoms with Crippen LogP contribution in [0.1, 0.15) is 39.2 Å². The number of nitrogens with zero attached hydrogens (tertiary/aromatic N) is 3. The maximum absolute atomic E-state index is 14.7. The number of rotatable bonds is 12. The molecule has 2 unspecified atom stereocenters. The average Bonchev–Trinajstić information content (AvgIpc) is 2.83. The van der Waals surface area contributed by atoms with Gasteiger partial charge >= 0.3 is 10.2 Å². The number of hydrogen-bond acceptors (Lipinski definition) is 4. The van der Waals surface area contributed by atoms with Gasteiger partial charge in [0.05, 0.1) is 5.69 Å². The third-order valence-corrected chi connectivity index (χ3v) is 8.00. The molecule has 11 heteroatoms. The number of carbonyl (C=O) groups is 2. The van der Waals surface area contributed by atoms with E-state index in [0.717, 1.165) is 10.4 Å². The minimum atomic E-state index is -4.25. The lowest BCUT2D eigenvalue weighted by atomic mass is 10.1. The summed E-state index contributed by atoms with van der Waals surface area (Å²) in [6, 6.07) is 11.2. The summed E-state index contributed by atoms with van der Waals surface area (Å²) >= 11 is 6.34. The number of hydrogen-bond donors (Lipinski definition) is 1. The molecule has 2 aromatic rings. The second-order valence-electron chi connectivity index (χ2n) is 8.60. The van der Waals surface area contributed by atoms with Crippen LogP contribution in [0.3, 0.4) is 0 Å². The van der Waals surface area contributed by atoms with Crippen LogP contribution in [-0.2, 0) is 26.3 Å². The summed E-state index contributed by atoms with van der Waals surface area (Å²) in [5.74, 6) is -1.83. The van der Waals surface area contributed by atoms with Crippen LogP contribution >= 0.6 is 11.6 Å². The molecule has 0 aliphatic carbocycles. The van der Waals surface area contributed by atoms with Crippen LogP contribution in [0.25, 0.3) is 0 Å². The second kappa shape index (κ2) is 13.0. The average molecular weight is 541 g/mol. The first-order chi connectivity index (χ1) is 16.9. The van der Waals surface area contributed by atoms with Gasteiger partial charge in [-0.15, -0.1) is 0 Å². The molecule has 0 spiro atoms. The van der Waals surface area contributed by atoms with E-state index >= 15 is 0 Å². The van der Waals surface area contributed by atoms with Crippen LogP contribution in [0, 0.1) is 5.82 Å². The molecule has 198 valence electrons. The Balaban J connectivity index is 2.54. The zero-order valence-electron chi connectivity index (χ0n) is 21.2. The van der Waals surface area contributed by atoms with Crippen molar-refractivity contribution in [2.24, 2.45) is 0 Å². The van der Waals surface area contributed by atoms with Gasteiger partial charge in [-0.2, -0.15) is 12.7 Å². The smallest absolute Gasteiger partial charge is 0.304 e. The summed E-state index contributed by atoms with van der Waals surface area (Å²) < 4.78 is 42.6. The standard InChI is InChI=1S/C25H34ClFN4O4S/c1-6-18(3)28-25(33)22(7-2)30(16-19-12-8-9-13-20(19)26)24(32)17-31(36(34,35)29(4)5)23-15-11-10-14-21(23)27/h8-15,18,22H,6-7,16-17H2,1-5H3,(H,28,33). The number of halogens is 2. The molecule has 36 heavy (non-hydrogen) atoms. The highest BCUT2D eigenvalue weighted by Crippen LogP contribution is 2.25. The van der Waals surface area contributed by atoms with Crippen molar-refractivity contribution in [2.75, 3.05) is 24.9 Å². The first kappa shape index (κ1) is 29.5. The van der Waals surface area contributed by atoms with Crippen LogP contribution in [-0.4, -0.2) is 62.2 Å². The lowest BCUT2D eigenvalue weighted by molar-refractivity contribution is -0.140. The van der Waals surface area contributed by atoms with Gasteiger partial charge in [-0.1, -0.05) is 55.8 Å². The van der Waals surface area contributed by atoms with E-state index < -0.39 is 34.5 Å². The molecule has 0 aromatic heterocycles. The van der Waals surface area contributed by atoms with Gasteiger partial charge in [0.15, 0.2) is 0 Å². The van der Waals surface area contributed by atoms with E-state index in [4.69, 9.17) is 11.6 Å². The van der Waals surface area contributed by atoms with E-state index in [1.807, 2.05) is 13.8 Å². The van der Waals surface area contributed by atoms with Crippen LogP contribution in [0.15, 0.2) is 48.5 Å². The molecule has 1 N–H and O–H groups in total. The molecule has 2 atom stereocenters. The maximum Gasteiger partial charge on any atom is 0.304 e. The Bertz CT molecular complexity index is 1160. The summed E-state index contributed by atoms with van der Waals surface area (Å²) in [5, 5.41) is 3.30. The van der Waals surface area contributed by atoms with Crippen molar-refractivity contribution in [3.8, 4) is 0 Å². The van der Waals surface area contributed by atoms with E-state index in [9.17, 15) is 22.4 Å². The predicted molar refractivity (Wildman–Crippen MR) is 140 cm³/mol. The molecule has 0 radical (unpaired) electrons. The Hall–Kier alpha value is -2.69. The van der Waals surface area contributed by atoms with E-state index in [2.05, 4.69) is 5.32 Å². The monoisotopic (exact) mass is 540 g/mol. The third kappa shape index (κ3) is 7.18. The van der Waals surface area contributed by atoms with Crippen LogP contribution in [0.4, 0.5) is 10.1 Å². The number of amides is 2. The third-order valence-electron chi connectivity index (χ3n) is 5.83. The molecule has 0 saturated carbocycles. The lowest BCUT2D eigenvalue weighted by Gasteiger charge is -2.34. The minimum absolute atomic E-state index is 0.0297. The van der Waals surface area contributed by atoms with Crippen LogP contribution in [0.2, 0.25) is 5.02 Å². The molecule has 2 rings (SSSR count). The second-order valence-corrected chi connectivity index (χ2v) is 11.1. The predicted octanol–water partition coefficient (Wildman–Crippen LogP) is 3.81. The van der Waals surface area contributed by atoms with Crippen molar-refractivity contribution in [2.45, 2.75) is 52.2 Å². The number of anilines is 1. The zero-order valence-corrected chi connectivity index (χ0v) is 22.8. The van der Waals surface area contributed by atoms with Crippen molar-refractivity contribution in [1.29, 1.82) is 0 Å². The van der Waals surface area contributed by atoms with Crippen molar-refractivity contribution in [3.63, 3.8) is 0 Å². The van der Waals surface area contributed by atoms with Gasteiger partial charge in [-0.25, -0.2) is 8.70 Å². The summed E-state index contributed by atoms with van der Waals surface area (Å²) in [4.78, 5) is 28.2. The topological polar surface area (TPSA) is 90.0 Å². The first-order valence-corrected chi connectivity index (χ1v) is 13.5. The van der Waals surface area contributed by atoms with Gasteiger partial charge in [0.1, 0.15) is 18.4 Å². The number of carbonyl (C=O) groups excluding carboxylic acids is 2. The molecule has 0 bridgehead atoms. The quantitative estimate of drug-likeness (QED) is 0.443. The molecule has 0 aliphatic rings. The highest BCUT2D eigenvalue weighted by molar-refractivity contribution is 7.90. The molecule has 0 heterocycles. The first-order valence-electron chi connectivity index (χ1n) is 11.7. The molecule has 0 fully saturated rings. The van der Waals surface area contributed by atoms with Crippen molar-refractivity contribution in [1.82, 2.24) is 14.5 Å². The highest BCUT2D eigenvalue weighted by atomic mass is 35.5. The summed E-state index contributed by atoms with van der Waals surface area (Å²) in [5.41, 5.74) is 0.324. The fourth-order valence-corrected chi connectivity index (χ4v) is 4.79. The van der Waals surface area contributed by atoms with Gasteiger partial charge in [0.2, 0.25) is 11.8 Å². The van der Waals surface area contributed by atoms with Crippen molar-refractivity contribution in [3.05, 3.63) is 64.9 Å². The molecule has 0 saturated heterocycles. The Morgan fingerprint density at radius 2 is 1.64 bits per heavy atom. The minimum Gasteiger partial charge on any atom is -0.352 e. The van der Waals surface area contributed by atoms with Gasteiger partial charge in [0.25, 0.3) is 0 Å². The van der Waals surface area contributed by atoms with Gasteiger partial charge in [-0.3, -0.25) is 9.59 Å². The van der Waals surface area contributed by atoms with E-state index in [0.29, 0.717) is 21.3 Å². The van der Waals surface area contributed by atoms with Crippen molar-refractivity contribution < 1.29 is 22.4 Å². The maximum atomic E-state index is 14.7. The summed E-state index contributed by atoms with van der Waals surface area (Å²) in [6.45, 7) is 4.81. The van der Waals surface area contributed by atoms with E-state index in [1.165, 1.54) is 37.2 Å². The Morgan fingerprint density at radius 1 is 1.03 bits per heavy atom. The van der Waals surface area contributed by atoms with Crippen LogP contribution < -0.4 is 9.62 Å². The largest absolute Gasteiger partial charge is 0.352 e. The molecule has 0 aliphatic heterocycles. The number of benzene rings is 2. The SMILES string of the molecule is CCC(C)NC(=O)C(CC)N(Cc1ccccc1Cl)C(=O)CN(c1ccccc1F)S(=O)(=O)N(C)C. The molecule has 2 amide bonds. The van der Waals surface area contributed by atoms with Gasteiger partial charge in [0, 0.05) is 31.7 Å². The molecular weight excluding hydrogens is 507 g/mol. The van der Waals surface area contributed by atoms with E-state index in [-0.39, 0.29) is 30.6 Å². The summed E-state index contributed by atoms with van der Waals surface area (Å²) in [7, 11) is -1.66. The molecule has 2 aromatic carbocycles. The Labute approximate surface area is 218 Å². The zero-order chi connectivity index (χ0) is 27.0. The number of para-hydroxylation sites is 1. The highest BCUT2D eigenvalue weighted by Gasteiger charge is 2.35. The Kier molecular flexibility index (Phi) is 10.7. The van der Waals surface area contributed by atoms with Gasteiger partial charge in [-0.05, 0) is 43.5 Å². The normalized spacial score (nSPS) is 13.2. The van der Waals surface area contributed by atoms with Crippen LogP contribution in [0.5, 0.6) is 0 Å². The fourth-order valence-electron chi connectivity index (χ4n) is 3.53.